The van der Waals surface area contributed by atoms with Crippen LogP contribution in [0.1, 0.15) is 0 Å². The number of nitrogens with zero attached hydrogens (tertiary/aromatic N) is 2. The first kappa shape index (κ1) is 12.7. The molecule has 0 aromatic heterocycles. The predicted molar refractivity (Wildman–Crippen MR) is 65.7 cm³/mol. The first-order valence-electron chi connectivity index (χ1n) is 5.31. The molecule has 5 nitrogen and oxygen atoms in total. The molecular formula is C12H11ClN2O3. The summed E-state index contributed by atoms with van der Waals surface area (Å²) in [5.41, 5.74) is 0.554. The van der Waals surface area contributed by atoms with E-state index >= 15 is 0 Å². The molecule has 0 spiro atoms. The Morgan fingerprint density at radius 3 is 3.06 bits per heavy atom. The third-order valence-corrected chi connectivity index (χ3v) is 2.87. The van der Waals surface area contributed by atoms with E-state index in [9.17, 15) is 4.79 Å². The number of rotatable bonds is 2. The Kier molecular flexibility index (Phi) is 3.70. The maximum absolute atomic E-state index is 11.8. The molecule has 1 aliphatic heterocycles. The molecule has 94 valence electrons. The van der Waals surface area contributed by atoms with Crippen molar-refractivity contribution < 1.29 is 14.3 Å². The molecule has 0 saturated carbocycles. The molecule has 1 atom stereocenters. The van der Waals surface area contributed by atoms with Gasteiger partial charge >= 0.3 is 0 Å². The number of nitriles is 1. The summed E-state index contributed by atoms with van der Waals surface area (Å²) in [5, 5.41) is 9.35. The van der Waals surface area contributed by atoms with Crippen LogP contribution in [0.2, 0.25) is 5.02 Å². The van der Waals surface area contributed by atoms with Gasteiger partial charge in [-0.25, -0.2) is 0 Å². The summed E-state index contributed by atoms with van der Waals surface area (Å²) >= 11 is 5.92. The topological polar surface area (TPSA) is 62.6 Å². The Hall–Kier alpha value is -1.77. The van der Waals surface area contributed by atoms with Crippen LogP contribution in [0, 0.1) is 11.3 Å². The molecule has 6 heteroatoms. The second-order valence-electron chi connectivity index (χ2n) is 3.75. The molecule has 0 N–H and O–H groups in total. The van der Waals surface area contributed by atoms with Gasteiger partial charge in [-0.1, -0.05) is 11.6 Å². The van der Waals surface area contributed by atoms with Crippen LogP contribution in [0.5, 0.6) is 5.75 Å². The van der Waals surface area contributed by atoms with Crippen LogP contribution in [0.25, 0.3) is 0 Å². The van der Waals surface area contributed by atoms with E-state index in [-0.39, 0.29) is 19.1 Å². The lowest BCUT2D eigenvalue weighted by atomic mass is 10.2. The minimum absolute atomic E-state index is 0.117. The van der Waals surface area contributed by atoms with Crippen molar-refractivity contribution in [3.8, 4) is 11.8 Å². The van der Waals surface area contributed by atoms with E-state index in [1.54, 1.807) is 18.2 Å². The number of hydrogen-bond acceptors (Lipinski definition) is 4. The third-order valence-electron chi connectivity index (χ3n) is 2.63. The van der Waals surface area contributed by atoms with Crippen molar-refractivity contribution in [2.24, 2.45) is 0 Å². The summed E-state index contributed by atoms with van der Waals surface area (Å²) in [6.07, 6.45) is -0.633. The lowest BCUT2D eigenvalue weighted by Crippen LogP contribution is -2.46. The van der Waals surface area contributed by atoms with Gasteiger partial charge in [0.1, 0.15) is 12.4 Å². The molecule has 1 amide bonds. The number of carbonyl (C=O) groups is 1. The second-order valence-corrected chi connectivity index (χ2v) is 4.19. The Balaban J connectivity index is 2.37. The zero-order chi connectivity index (χ0) is 13.1. The molecule has 1 aliphatic rings. The van der Waals surface area contributed by atoms with Crippen molar-refractivity contribution >= 4 is 23.2 Å². The highest BCUT2D eigenvalue weighted by molar-refractivity contribution is 6.31. The minimum atomic E-state index is -0.633. The fourth-order valence-electron chi connectivity index (χ4n) is 1.76. The smallest absolute Gasteiger partial charge is 0.253 e. The quantitative estimate of drug-likeness (QED) is 0.816. The molecule has 1 fully saturated rings. The highest BCUT2D eigenvalue weighted by atomic mass is 35.5. The first-order valence-corrected chi connectivity index (χ1v) is 5.68. The van der Waals surface area contributed by atoms with E-state index in [2.05, 4.69) is 0 Å². The van der Waals surface area contributed by atoms with Gasteiger partial charge in [-0.05, 0) is 18.2 Å². The molecule has 0 aliphatic carbocycles. The lowest BCUT2D eigenvalue weighted by molar-refractivity contribution is -0.127. The number of anilines is 1. The summed E-state index contributed by atoms with van der Waals surface area (Å²) in [5.74, 6) is 0.313. The van der Waals surface area contributed by atoms with E-state index < -0.39 is 6.10 Å². The number of benzene rings is 1. The molecule has 18 heavy (non-hydrogen) atoms. The third kappa shape index (κ3) is 2.40. The van der Waals surface area contributed by atoms with Crippen LogP contribution in [-0.2, 0) is 9.53 Å². The van der Waals surface area contributed by atoms with Gasteiger partial charge in [0.05, 0.1) is 25.4 Å². The van der Waals surface area contributed by atoms with Crippen LogP contribution in [0.15, 0.2) is 18.2 Å². The number of carbonyl (C=O) groups excluding carboxylic acids is 1. The molecule has 0 radical (unpaired) electrons. The number of ether oxygens (including phenoxy) is 2. The molecule has 0 bridgehead atoms. The minimum Gasteiger partial charge on any atom is -0.495 e. The summed E-state index contributed by atoms with van der Waals surface area (Å²) < 4.78 is 10.3. The summed E-state index contributed by atoms with van der Waals surface area (Å²) in [6, 6.07) is 6.98. The van der Waals surface area contributed by atoms with E-state index in [1.807, 2.05) is 6.07 Å². The largest absolute Gasteiger partial charge is 0.495 e. The summed E-state index contributed by atoms with van der Waals surface area (Å²) in [7, 11) is 1.51. The lowest BCUT2D eigenvalue weighted by Gasteiger charge is -2.30. The Bertz CT molecular complexity index is 513. The average molecular weight is 267 g/mol. The van der Waals surface area contributed by atoms with Gasteiger partial charge in [-0.3, -0.25) is 4.79 Å². The van der Waals surface area contributed by atoms with Gasteiger partial charge in [-0.15, -0.1) is 0 Å². The number of amides is 1. The summed E-state index contributed by atoms with van der Waals surface area (Å²) in [4.78, 5) is 13.3. The number of halogens is 1. The maximum Gasteiger partial charge on any atom is 0.253 e. The predicted octanol–water partition coefficient (Wildman–Crippen LogP) is 1.60. The number of hydrogen-bond donors (Lipinski definition) is 0. The van der Waals surface area contributed by atoms with Gasteiger partial charge in [-0.2, -0.15) is 5.26 Å². The SMILES string of the molecule is COc1ccc(Cl)cc1N1CC(C#N)OCC1=O. The van der Waals surface area contributed by atoms with Gasteiger partial charge in [0.25, 0.3) is 5.91 Å². The molecule has 1 heterocycles. The van der Waals surface area contributed by atoms with Crippen molar-refractivity contribution in [3.05, 3.63) is 23.2 Å². The average Bonchev–Trinajstić information content (AvgIpc) is 2.39. The molecule has 1 aromatic carbocycles. The van der Waals surface area contributed by atoms with Crippen molar-refractivity contribution in [3.63, 3.8) is 0 Å². The van der Waals surface area contributed by atoms with Crippen LogP contribution in [0.3, 0.4) is 0 Å². The van der Waals surface area contributed by atoms with E-state index in [0.29, 0.717) is 16.5 Å². The van der Waals surface area contributed by atoms with Crippen molar-refractivity contribution in [1.82, 2.24) is 0 Å². The van der Waals surface area contributed by atoms with Crippen LogP contribution < -0.4 is 9.64 Å². The molecule has 2 rings (SSSR count). The van der Waals surface area contributed by atoms with Crippen molar-refractivity contribution in [2.45, 2.75) is 6.10 Å². The molecule has 1 aromatic rings. The number of morpholine rings is 1. The fourth-order valence-corrected chi connectivity index (χ4v) is 1.92. The standard InChI is InChI=1S/C12H11ClN2O3/c1-17-11-3-2-8(13)4-10(11)15-6-9(5-14)18-7-12(15)16/h2-4,9H,6-7H2,1H3. The van der Waals surface area contributed by atoms with Crippen molar-refractivity contribution in [2.75, 3.05) is 25.2 Å². The Morgan fingerprint density at radius 1 is 1.61 bits per heavy atom. The van der Waals surface area contributed by atoms with E-state index in [4.69, 9.17) is 26.3 Å². The first-order chi connectivity index (χ1) is 8.65. The number of methoxy groups -OCH3 is 1. The Labute approximate surface area is 109 Å². The highest BCUT2D eigenvalue weighted by Gasteiger charge is 2.29. The highest BCUT2D eigenvalue weighted by Crippen LogP contribution is 2.32. The van der Waals surface area contributed by atoms with Gasteiger partial charge in [0.2, 0.25) is 0 Å². The molecule has 1 unspecified atom stereocenters. The molecular weight excluding hydrogens is 256 g/mol. The fraction of sp³-hybridized carbons (Fsp3) is 0.333. The van der Waals surface area contributed by atoms with E-state index in [1.165, 1.54) is 12.0 Å². The summed E-state index contributed by atoms with van der Waals surface area (Å²) in [6.45, 7) is 0.0555. The van der Waals surface area contributed by atoms with Crippen molar-refractivity contribution in [1.29, 1.82) is 5.26 Å². The Morgan fingerprint density at radius 2 is 2.39 bits per heavy atom. The second kappa shape index (κ2) is 5.25. The van der Waals surface area contributed by atoms with Crippen LogP contribution in [-0.4, -0.2) is 32.3 Å². The van der Waals surface area contributed by atoms with Crippen LogP contribution >= 0.6 is 11.6 Å². The van der Waals surface area contributed by atoms with Gasteiger partial charge < -0.3 is 14.4 Å². The normalized spacial score (nSPS) is 19.5. The van der Waals surface area contributed by atoms with Gasteiger partial charge in [0.15, 0.2) is 6.10 Å². The van der Waals surface area contributed by atoms with E-state index in [0.717, 1.165) is 0 Å². The van der Waals surface area contributed by atoms with Gasteiger partial charge in [0, 0.05) is 5.02 Å². The molecule has 1 saturated heterocycles. The van der Waals surface area contributed by atoms with Crippen LogP contribution in [0.4, 0.5) is 5.69 Å². The zero-order valence-corrected chi connectivity index (χ0v) is 10.5. The maximum atomic E-state index is 11.8. The monoisotopic (exact) mass is 266 g/mol. The zero-order valence-electron chi connectivity index (χ0n) is 9.72.